The number of ether oxygens (including phenoxy) is 1. The number of benzene rings is 2. The number of carbonyl (C=O) groups is 1. The lowest BCUT2D eigenvalue weighted by molar-refractivity contribution is -0.127. The minimum atomic E-state index is 0.00304. The highest BCUT2D eigenvalue weighted by Crippen LogP contribution is 2.43. The number of aryl methyl sites for hydroxylation is 1. The summed E-state index contributed by atoms with van der Waals surface area (Å²) in [4.78, 5) is 28.9. The lowest BCUT2D eigenvalue weighted by Crippen LogP contribution is -2.63. The zero-order valence-corrected chi connectivity index (χ0v) is 23.9. The molecule has 1 aliphatic carbocycles. The summed E-state index contributed by atoms with van der Waals surface area (Å²) in [5.41, 5.74) is 5.91. The van der Waals surface area contributed by atoms with E-state index >= 15 is 0 Å². The van der Waals surface area contributed by atoms with Crippen LogP contribution in [0.2, 0.25) is 5.02 Å². The van der Waals surface area contributed by atoms with Gasteiger partial charge in [-0.05, 0) is 93.4 Å². The van der Waals surface area contributed by atoms with Gasteiger partial charge in [-0.15, -0.1) is 0 Å². The number of hydrogen-bond donors (Lipinski definition) is 0. The molecule has 0 saturated carbocycles. The number of anilines is 1. The maximum Gasteiger partial charge on any atom is 0.319 e. The SMILES string of the molecule is C=CC(=O)N1CCC2[C@H]1CN2c1nc(OC[C@@H]2CCCN2C)nc2cc(-c3cccc4c3CCCC4)c(Cl)cc12. The molecule has 0 radical (unpaired) electrons. The van der Waals surface area contributed by atoms with Crippen molar-refractivity contribution in [3.8, 4) is 17.1 Å². The minimum absolute atomic E-state index is 0.00304. The van der Waals surface area contributed by atoms with Gasteiger partial charge in [0.2, 0.25) is 5.91 Å². The van der Waals surface area contributed by atoms with Crippen molar-refractivity contribution in [3.63, 3.8) is 0 Å². The second-order valence-corrected chi connectivity index (χ2v) is 12.1. The first-order valence-corrected chi connectivity index (χ1v) is 15.0. The van der Waals surface area contributed by atoms with Crippen LogP contribution in [-0.2, 0) is 17.6 Å². The van der Waals surface area contributed by atoms with Crippen molar-refractivity contribution in [2.75, 3.05) is 38.2 Å². The van der Waals surface area contributed by atoms with E-state index in [4.69, 9.17) is 26.3 Å². The number of likely N-dealkylation sites (tertiary alicyclic amines) is 2. The molecule has 1 aromatic heterocycles. The fraction of sp³-hybridized carbons (Fsp3) is 0.469. The van der Waals surface area contributed by atoms with Gasteiger partial charge >= 0.3 is 6.01 Å². The highest BCUT2D eigenvalue weighted by Gasteiger charge is 2.49. The van der Waals surface area contributed by atoms with Crippen LogP contribution in [0.5, 0.6) is 6.01 Å². The molecule has 4 aliphatic rings. The average Bonchev–Trinajstić information content (AvgIpc) is 3.53. The topological polar surface area (TPSA) is 61.8 Å². The van der Waals surface area contributed by atoms with Gasteiger partial charge in [0.05, 0.1) is 17.6 Å². The lowest BCUT2D eigenvalue weighted by Gasteiger charge is -2.47. The van der Waals surface area contributed by atoms with Crippen LogP contribution in [0.1, 0.15) is 43.2 Å². The Hall–Kier alpha value is -3.16. The summed E-state index contributed by atoms with van der Waals surface area (Å²) in [5.74, 6) is 0.848. The highest BCUT2D eigenvalue weighted by atomic mass is 35.5. The molecule has 7 rings (SSSR count). The molecule has 3 aliphatic heterocycles. The number of rotatable bonds is 6. The van der Waals surface area contributed by atoms with Crippen LogP contribution < -0.4 is 9.64 Å². The van der Waals surface area contributed by atoms with Crippen molar-refractivity contribution in [2.24, 2.45) is 0 Å². The average molecular weight is 558 g/mol. The van der Waals surface area contributed by atoms with Crippen molar-refractivity contribution in [3.05, 3.63) is 59.1 Å². The maximum absolute atomic E-state index is 12.4. The van der Waals surface area contributed by atoms with Gasteiger partial charge in [-0.1, -0.05) is 36.4 Å². The zero-order chi connectivity index (χ0) is 27.4. The van der Waals surface area contributed by atoms with E-state index in [1.165, 1.54) is 42.0 Å². The Balaban J connectivity index is 1.29. The van der Waals surface area contributed by atoms with Crippen molar-refractivity contribution in [1.29, 1.82) is 0 Å². The van der Waals surface area contributed by atoms with Crippen molar-refractivity contribution in [2.45, 2.75) is 63.1 Å². The first-order valence-electron chi connectivity index (χ1n) is 14.7. The molecule has 0 N–H and O–H groups in total. The van der Waals surface area contributed by atoms with E-state index in [0.717, 1.165) is 67.6 Å². The Morgan fingerprint density at radius 3 is 2.80 bits per heavy atom. The fourth-order valence-electron chi connectivity index (χ4n) is 7.25. The molecule has 1 amide bonds. The summed E-state index contributed by atoms with van der Waals surface area (Å²) in [6.45, 7) is 6.82. The van der Waals surface area contributed by atoms with Crippen LogP contribution >= 0.6 is 11.6 Å². The van der Waals surface area contributed by atoms with Crippen LogP contribution in [0.15, 0.2) is 43.0 Å². The van der Waals surface area contributed by atoms with Gasteiger partial charge in [0, 0.05) is 35.1 Å². The number of amides is 1. The fourth-order valence-corrected chi connectivity index (χ4v) is 7.52. The third-order valence-electron chi connectivity index (χ3n) is 9.53. The van der Waals surface area contributed by atoms with E-state index in [2.05, 4.69) is 47.7 Å². The van der Waals surface area contributed by atoms with Crippen LogP contribution in [0, 0.1) is 0 Å². The van der Waals surface area contributed by atoms with Crippen LogP contribution in [0.25, 0.3) is 22.0 Å². The van der Waals surface area contributed by atoms with E-state index in [-0.39, 0.29) is 18.0 Å². The van der Waals surface area contributed by atoms with Gasteiger partial charge in [0.1, 0.15) is 12.4 Å². The molecule has 8 heteroatoms. The van der Waals surface area contributed by atoms with Gasteiger partial charge in [0.15, 0.2) is 0 Å². The van der Waals surface area contributed by atoms with E-state index in [1.54, 1.807) is 0 Å². The van der Waals surface area contributed by atoms with Gasteiger partial charge in [-0.2, -0.15) is 9.97 Å². The molecule has 3 atom stereocenters. The third kappa shape index (κ3) is 4.34. The minimum Gasteiger partial charge on any atom is -0.462 e. The number of likely N-dealkylation sites (N-methyl/N-ethyl adjacent to an activating group) is 1. The van der Waals surface area contributed by atoms with E-state index in [1.807, 2.05) is 11.0 Å². The summed E-state index contributed by atoms with van der Waals surface area (Å²) in [7, 11) is 2.15. The third-order valence-corrected chi connectivity index (χ3v) is 9.84. The quantitative estimate of drug-likeness (QED) is 0.384. The molecule has 7 nitrogen and oxygen atoms in total. The number of aromatic nitrogens is 2. The number of fused-ring (bicyclic) bond motifs is 3. The molecular formula is C32H36ClN5O2. The summed E-state index contributed by atoms with van der Waals surface area (Å²) in [6, 6.07) is 11.9. The van der Waals surface area contributed by atoms with Gasteiger partial charge in [0.25, 0.3) is 0 Å². The Labute approximate surface area is 240 Å². The van der Waals surface area contributed by atoms with E-state index in [0.29, 0.717) is 23.7 Å². The summed E-state index contributed by atoms with van der Waals surface area (Å²) >= 11 is 7.04. The van der Waals surface area contributed by atoms with E-state index in [9.17, 15) is 4.79 Å². The maximum atomic E-state index is 12.4. The molecule has 2 aromatic carbocycles. The molecule has 4 heterocycles. The first kappa shape index (κ1) is 25.8. The van der Waals surface area contributed by atoms with Gasteiger partial charge in [-0.3, -0.25) is 4.79 Å². The largest absolute Gasteiger partial charge is 0.462 e. The lowest BCUT2D eigenvalue weighted by atomic mass is 9.85. The second kappa shape index (κ2) is 10.3. The van der Waals surface area contributed by atoms with Gasteiger partial charge in [-0.25, -0.2) is 0 Å². The van der Waals surface area contributed by atoms with Crippen molar-refractivity contribution >= 4 is 34.2 Å². The first-order chi connectivity index (χ1) is 19.5. The van der Waals surface area contributed by atoms with Crippen LogP contribution in [-0.4, -0.2) is 77.1 Å². The summed E-state index contributed by atoms with van der Waals surface area (Å²) in [5, 5.41) is 1.64. The predicted octanol–water partition coefficient (Wildman–Crippen LogP) is 5.28. The van der Waals surface area contributed by atoms with Crippen molar-refractivity contribution in [1.82, 2.24) is 19.8 Å². The molecule has 0 spiro atoms. The second-order valence-electron chi connectivity index (χ2n) is 11.7. The number of carbonyl (C=O) groups excluding carboxylic acids is 1. The summed E-state index contributed by atoms with van der Waals surface area (Å²) in [6.07, 6.45) is 9.28. The predicted molar refractivity (Wildman–Crippen MR) is 159 cm³/mol. The monoisotopic (exact) mass is 557 g/mol. The van der Waals surface area contributed by atoms with Gasteiger partial charge < -0.3 is 19.4 Å². The molecule has 3 aromatic rings. The molecule has 3 fully saturated rings. The van der Waals surface area contributed by atoms with Crippen LogP contribution in [0.3, 0.4) is 0 Å². The van der Waals surface area contributed by atoms with Crippen molar-refractivity contribution < 1.29 is 9.53 Å². The Bertz CT molecular complexity index is 1490. The molecule has 0 bridgehead atoms. The molecule has 3 saturated heterocycles. The van der Waals surface area contributed by atoms with E-state index < -0.39 is 0 Å². The number of hydrogen-bond acceptors (Lipinski definition) is 6. The standard InChI is InChI=1S/C32H36ClN5O2/c1-3-30(39)37-15-13-28-29(37)18-38(28)31-25-16-26(33)24(23-12-6-9-20-8-4-5-11-22(20)23)17-27(25)34-32(35-31)40-19-21-10-7-14-36(21)2/h3,6,9,12,16-17,21,28-29H,1,4-5,7-8,10-11,13-15,18-19H2,2H3/t21-,28?,29+/m0/s1. The highest BCUT2D eigenvalue weighted by molar-refractivity contribution is 6.34. The Kier molecular flexibility index (Phi) is 6.67. The molecule has 40 heavy (non-hydrogen) atoms. The number of nitrogens with zero attached hydrogens (tertiary/aromatic N) is 5. The Morgan fingerprint density at radius 1 is 1.10 bits per heavy atom. The molecule has 208 valence electrons. The molecular weight excluding hydrogens is 522 g/mol. The normalized spacial score (nSPS) is 24.1. The Morgan fingerprint density at radius 2 is 1.98 bits per heavy atom. The number of halogens is 1. The summed E-state index contributed by atoms with van der Waals surface area (Å²) < 4.78 is 6.28. The van der Waals surface area contributed by atoms with Crippen LogP contribution in [0.4, 0.5) is 5.82 Å². The molecule has 1 unspecified atom stereocenters. The zero-order valence-electron chi connectivity index (χ0n) is 23.1. The smallest absolute Gasteiger partial charge is 0.319 e.